The molecule has 31 heavy (non-hydrogen) atoms. The Morgan fingerprint density at radius 1 is 0.548 bits per heavy atom. The van der Waals surface area contributed by atoms with Gasteiger partial charge in [0.15, 0.2) is 0 Å². The van der Waals surface area contributed by atoms with E-state index in [9.17, 15) is 0 Å². The number of aryl methyl sites for hydroxylation is 6. The van der Waals surface area contributed by atoms with Crippen LogP contribution in [0.15, 0.2) is 74.9 Å². The van der Waals surface area contributed by atoms with E-state index in [-0.39, 0.29) is 48.0 Å². The SMILES string of the molecule is [I-].[I-].c1cn(CCCn2cc[n+](CCC[n+]3ccn(CCCn4ccnc4)c3)c2)cn1. The summed E-state index contributed by atoms with van der Waals surface area (Å²) >= 11 is 0. The molecule has 4 rings (SSSR count). The minimum absolute atomic E-state index is 0. The Morgan fingerprint density at radius 3 is 1.42 bits per heavy atom. The maximum absolute atomic E-state index is 4.08. The number of nitrogens with zero attached hydrogens (tertiary/aromatic N) is 8. The van der Waals surface area contributed by atoms with Crippen molar-refractivity contribution in [1.29, 1.82) is 0 Å². The maximum Gasteiger partial charge on any atom is 0.243 e. The van der Waals surface area contributed by atoms with Gasteiger partial charge in [0.05, 0.1) is 38.8 Å². The van der Waals surface area contributed by atoms with E-state index < -0.39 is 0 Å². The lowest BCUT2D eigenvalue weighted by atomic mass is 10.4. The molecule has 0 saturated carbocycles. The van der Waals surface area contributed by atoms with Crippen molar-refractivity contribution in [2.24, 2.45) is 0 Å². The summed E-state index contributed by atoms with van der Waals surface area (Å²) in [5.74, 6) is 0. The van der Waals surface area contributed by atoms with Crippen LogP contribution in [0, 0.1) is 0 Å². The molecular weight excluding hydrogens is 618 g/mol. The normalized spacial score (nSPS) is 10.6. The van der Waals surface area contributed by atoms with Crippen LogP contribution in [0.4, 0.5) is 0 Å². The molecule has 0 aromatic carbocycles. The zero-order chi connectivity index (χ0) is 19.7. The van der Waals surface area contributed by atoms with Crippen LogP contribution in [0.5, 0.6) is 0 Å². The van der Waals surface area contributed by atoms with Gasteiger partial charge >= 0.3 is 0 Å². The lowest BCUT2D eigenvalue weighted by Crippen LogP contribution is -3.00. The molecule has 0 fully saturated rings. The highest BCUT2D eigenvalue weighted by Crippen LogP contribution is 1.97. The lowest BCUT2D eigenvalue weighted by molar-refractivity contribution is -0.726. The third-order valence-electron chi connectivity index (χ3n) is 5.11. The summed E-state index contributed by atoms with van der Waals surface area (Å²) in [7, 11) is 0. The second kappa shape index (κ2) is 13.7. The van der Waals surface area contributed by atoms with Crippen LogP contribution in [0.1, 0.15) is 19.3 Å². The Morgan fingerprint density at radius 2 is 1.00 bits per heavy atom. The van der Waals surface area contributed by atoms with E-state index in [0.29, 0.717) is 0 Å². The number of halogens is 2. The first-order valence-corrected chi connectivity index (χ1v) is 10.4. The molecule has 4 aromatic rings. The fourth-order valence-corrected chi connectivity index (χ4v) is 3.55. The molecule has 0 atom stereocenters. The van der Waals surface area contributed by atoms with Crippen LogP contribution in [0.25, 0.3) is 0 Å². The lowest BCUT2D eigenvalue weighted by Gasteiger charge is -2.00. The maximum atomic E-state index is 4.08. The summed E-state index contributed by atoms with van der Waals surface area (Å²) in [5.41, 5.74) is 0. The van der Waals surface area contributed by atoms with Crippen molar-refractivity contribution in [1.82, 2.24) is 28.2 Å². The van der Waals surface area contributed by atoms with Gasteiger partial charge in [0, 0.05) is 57.1 Å². The molecule has 0 amide bonds. The Hall–Kier alpha value is -1.70. The summed E-state index contributed by atoms with van der Waals surface area (Å²) in [4.78, 5) is 8.17. The molecule has 4 aromatic heterocycles. The molecule has 0 aliphatic heterocycles. The summed E-state index contributed by atoms with van der Waals surface area (Å²) in [6.45, 7) is 6.15. The minimum atomic E-state index is 0. The number of hydrogen-bond donors (Lipinski definition) is 0. The largest absolute Gasteiger partial charge is 1.00 e. The van der Waals surface area contributed by atoms with Crippen molar-refractivity contribution < 1.29 is 57.1 Å². The fourth-order valence-electron chi connectivity index (χ4n) is 3.55. The average Bonchev–Trinajstić information content (AvgIpc) is 3.52. The number of imidazole rings is 4. The topological polar surface area (TPSA) is 53.3 Å². The Bertz CT molecular complexity index is 881. The molecule has 0 N–H and O–H groups in total. The van der Waals surface area contributed by atoms with Crippen molar-refractivity contribution in [3.63, 3.8) is 0 Å². The predicted molar refractivity (Wildman–Crippen MR) is 108 cm³/mol. The van der Waals surface area contributed by atoms with Crippen LogP contribution in [-0.2, 0) is 39.3 Å². The van der Waals surface area contributed by atoms with Gasteiger partial charge in [-0.25, -0.2) is 28.2 Å². The van der Waals surface area contributed by atoms with E-state index in [1.807, 2.05) is 37.4 Å². The molecule has 0 aliphatic rings. The van der Waals surface area contributed by atoms with E-state index >= 15 is 0 Å². The Labute approximate surface area is 217 Å². The third-order valence-corrected chi connectivity index (χ3v) is 5.11. The number of rotatable bonds is 12. The van der Waals surface area contributed by atoms with Crippen molar-refractivity contribution in [2.75, 3.05) is 0 Å². The second-order valence-electron chi connectivity index (χ2n) is 7.44. The van der Waals surface area contributed by atoms with Crippen molar-refractivity contribution in [2.45, 2.75) is 58.5 Å². The number of aromatic nitrogens is 8. The van der Waals surface area contributed by atoms with E-state index in [0.717, 1.165) is 58.5 Å². The van der Waals surface area contributed by atoms with Gasteiger partial charge in [-0.3, -0.25) is 0 Å². The fraction of sp³-hybridized carbons (Fsp3) is 0.429. The highest BCUT2D eigenvalue weighted by Gasteiger charge is 2.07. The van der Waals surface area contributed by atoms with Crippen molar-refractivity contribution in [3.8, 4) is 0 Å². The van der Waals surface area contributed by atoms with Crippen LogP contribution in [0.2, 0.25) is 0 Å². The van der Waals surface area contributed by atoms with Gasteiger partial charge in [-0.15, -0.1) is 0 Å². The summed E-state index contributed by atoms with van der Waals surface area (Å²) in [6, 6.07) is 0. The van der Waals surface area contributed by atoms with Gasteiger partial charge < -0.3 is 57.1 Å². The molecule has 0 spiro atoms. The zero-order valence-electron chi connectivity index (χ0n) is 17.6. The van der Waals surface area contributed by atoms with Crippen molar-refractivity contribution >= 4 is 0 Å². The second-order valence-corrected chi connectivity index (χ2v) is 7.44. The Balaban J connectivity index is 0.00000171. The van der Waals surface area contributed by atoms with Crippen LogP contribution in [0.3, 0.4) is 0 Å². The number of hydrogen-bond acceptors (Lipinski definition) is 2. The first-order valence-electron chi connectivity index (χ1n) is 10.4. The van der Waals surface area contributed by atoms with E-state index in [4.69, 9.17) is 0 Å². The summed E-state index contributed by atoms with van der Waals surface area (Å²) < 4.78 is 13.3. The first kappa shape index (κ1) is 25.6. The van der Waals surface area contributed by atoms with Gasteiger partial charge in [-0.1, -0.05) is 0 Å². The van der Waals surface area contributed by atoms with Crippen molar-refractivity contribution in [3.05, 3.63) is 74.9 Å². The molecular formula is C21H30I2N8. The minimum Gasteiger partial charge on any atom is -1.00 e. The van der Waals surface area contributed by atoms with Gasteiger partial charge in [-0.2, -0.15) is 0 Å². The molecule has 0 radical (unpaired) electrons. The molecule has 168 valence electrons. The average molecular weight is 648 g/mol. The molecule has 0 unspecified atom stereocenters. The highest BCUT2D eigenvalue weighted by atomic mass is 127. The van der Waals surface area contributed by atoms with Crippen LogP contribution in [-0.4, -0.2) is 28.2 Å². The smallest absolute Gasteiger partial charge is 0.243 e. The van der Waals surface area contributed by atoms with Crippen LogP contribution >= 0.6 is 0 Å². The molecule has 0 saturated heterocycles. The van der Waals surface area contributed by atoms with Gasteiger partial charge in [0.2, 0.25) is 12.7 Å². The zero-order valence-corrected chi connectivity index (χ0v) is 21.9. The Kier molecular flexibility index (Phi) is 11.3. The van der Waals surface area contributed by atoms with Crippen LogP contribution < -0.4 is 57.1 Å². The van der Waals surface area contributed by atoms with E-state index in [1.54, 1.807) is 0 Å². The summed E-state index contributed by atoms with van der Waals surface area (Å²) in [6.07, 6.45) is 27.9. The highest BCUT2D eigenvalue weighted by molar-refractivity contribution is 4.75. The third kappa shape index (κ3) is 8.39. The molecule has 0 aliphatic carbocycles. The molecule has 8 nitrogen and oxygen atoms in total. The molecule has 0 bridgehead atoms. The van der Waals surface area contributed by atoms with Gasteiger partial charge in [0.1, 0.15) is 24.8 Å². The standard InChI is InChI=1S/C21H30N8.2HI/c1(6-24-12-4-22-18-24)8-26-14-16-28(20-26)10-3-11-29-17-15-27(21-29)9-2-7-25-13-5-23-19-25;;/h4-5,12-21H,1-3,6-11H2;2*1H/q+2;;/p-2. The predicted octanol–water partition coefficient (Wildman–Crippen LogP) is -4.46. The van der Waals surface area contributed by atoms with Gasteiger partial charge in [-0.05, 0) is 0 Å². The van der Waals surface area contributed by atoms with E-state index in [2.05, 4.69) is 74.8 Å². The molecule has 4 heterocycles. The van der Waals surface area contributed by atoms with E-state index in [1.165, 1.54) is 0 Å². The first-order chi connectivity index (χ1) is 14.3. The monoisotopic (exact) mass is 648 g/mol. The van der Waals surface area contributed by atoms with Gasteiger partial charge in [0.25, 0.3) is 0 Å². The quantitative estimate of drug-likeness (QED) is 0.115. The summed E-state index contributed by atoms with van der Waals surface area (Å²) in [5, 5.41) is 0. The molecule has 10 heteroatoms.